The van der Waals surface area contributed by atoms with Gasteiger partial charge in [0.2, 0.25) is 0 Å². The van der Waals surface area contributed by atoms with Crippen LogP contribution in [0.25, 0.3) is 110 Å². The van der Waals surface area contributed by atoms with E-state index in [9.17, 15) is 0 Å². The van der Waals surface area contributed by atoms with Crippen molar-refractivity contribution in [1.82, 2.24) is 9.13 Å². The number of hydrogen-bond acceptors (Lipinski definition) is 0. The molecule has 0 fully saturated rings. The Kier molecular flexibility index (Phi) is 7.20. The van der Waals surface area contributed by atoms with E-state index >= 15 is 0 Å². The molecule has 0 spiro atoms. The Labute approximate surface area is 355 Å². The predicted octanol–water partition coefficient (Wildman–Crippen LogP) is 14.3. The molecule has 13 rings (SSSR count). The fourth-order valence-electron chi connectivity index (χ4n) is 10.6. The van der Waals surface area contributed by atoms with Gasteiger partial charge in [0, 0.05) is 32.9 Å². The highest BCUT2D eigenvalue weighted by atomic mass is 28.3. The molecule has 0 bridgehead atoms. The number of para-hydroxylation sites is 2. The first kappa shape index (κ1) is 34.4. The van der Waals surface area contributed by atoms with Crippen molar-refractivity contribution < 1.29 is 0 Å². The molecule has 61 heavy (non-hydrogen) atoms. The van der Waals surface area contributed by atoms with Gasteiger partial charge in [-0.1, -0.05) is 134 Å². The summed E-state index contributed by atoms with van der Waals surface area (Å²) in [6, 6.07) is 77.1. The summed E-state index contributed by atoms with van der Waals surface area (Å²) in [5, 5.41) is 13.3. The number of benzene rings is 10. The van der Waals surface area contributed by atoms with Gasteiger partial charge in [0.1, 0.15) is 8.07 Å². The van der Waals surface area contributed by atoms with Crippen molar-refractivity contribution >= 4 is 83.6 Å². The average molecular weight is 793 g/mol. The lowest BCUT2D eigenvalue weighted by Crippen LogP contribution is -2.49. The highest BCUT2D eigenvalue weighted by Gasteiger charge is 2.37. The van der Waals surface area contributed by atoms with E-state index in [1.807, 2.05) is 0 Å². The summed E-state index contributed by atoms with van der Waals surface area (Å²) in [4.78, 5) is 0. The first-order chi connectivity index (χ1) is 30.0. The number of hydrogen-bond donors (Lipinski definition) is 0. The molecule has 286 valence electrons. The van der Waals surface area contributed by atoms with Crippen LogP contribution in [0.2, 0.25) is 13.1 Å². The van der Waals surface area contributed by atoms with E-state index in [4.69, 9.17) is 0 Å². The molecule has 0 saturated heterocycles. The quantitative estimate of drug-likeness (QED) is 0.124. The maximum atomic E-state index is 2.50. The van der Waals surface area contributed by atoms with E-state index in [0.29, 0.717) is 0 Å². The van der Waals surface area contributed by atoms with Crippen molar-refractivity contribution in [2.75, 3.05) is 0 Å². The van der Waals surface area contributed by atoms with Crippen LogP contribution >= 0.6 is 0 Å². The minimum absolute atomic E-state index is 1.17. The lowest BCUT2D eigenvalue weighted by Gasteiger charge is -2.19. The van der Waals surface area contributed by atoms with Gasteiger partial charge in [0.25, 0.3) is 0 Å². The number of aromatic nitrogens is 2. The van der Waals surface area contributed by atoms with Crippen molar-refractivity contribution in [1.29, 1.82) is 0 Å². The largest absolute Gasteiger partial charge is 0.309 e. The number of fused-ring (bicyclic) bond motifs is 11. The Morgan fingerprint density at radius 3 is 1.54 bits per heavy atom. The van der Waals surface area contributed by atoms with Crippen molar-refractivity contribution in [3.63, 3.8) is 0 Å². The SMILES string of the molecule is C[Si]1(C)c2ccccc2-c2cc3cc4ccc(-n5c6ccccc6c6cc(-c7ccc8c(c7)c7cc(-c9ccccc9)ccc7n8-c7ccccc7)ccc65)cc4cc3cc21. The Morgan fingerprint density at radius 1 is 0.295 bits per heavy atom. The van der Waals surface area contributed by atoms with E-state index in [0.717, 1.165) is 0 Å². The van der Waals surface area contributed by atoms with Crippen molar-refractivity contribution in [2.24, 2.45) is 0 Å². The molecule has 0 saturated carbocycles. The highest BCUT2D eigenvalue weighted by molar-refractivity contribution is 7.04. The van der Waals surface area contributed by atoms with Crippen molar-refractivity contribution in [3.8, 4) is 44.8 Å². The molecule has 2 nitrogen and oxygen atoms in total. The summed E-state index contributed by atoms with van der Waals surface area (Å²) in [5.41, 5.74) is 14.9. The van der Waals surface area contributed by atoms with Gasteiger partial charge >= 0.3 is 0 Å². The molecule has 0 unspecified atom stereocenters. The van der Waals surface area contributed by atoms with Gasteiger partial charge in [0.05, 0.1) is 22.1 Å². The Bertz CT molecular complexity index is 3780. The lowest BCUT2D eigenvalue weighted by molar-refractivity contribution is 1.18. The van der Waals surface area contributed by atoms with Crippen molar-refractivity contribution in [2.45, 2.75) is 13.1 Å². The molecule has 0 radical (unpaired) electrons. The van der Waals surface area contributed by atoms with Crippen LogP contribution in [0, 0.1) is 0 Å². The molecular weight excluding hydrogens is 753 g/mol. The molecule has 0 N–H and O–H groups in total. The Balaban J connectivity index is 0.954. The molecule has 3 heterocycles. The fraction of sp³-hybridized carbons (Fsp3) is 0.0345. The summed E-state index contributed by atoms with van der Waals surface area (Å²) in [6.45, 7) is 5.00. The van der Waals surface area contributed by atoms with E-state index in [2.05, 4.69) is 228 Å². The molecule has 0 atom stereocenters. The van der Waals surface area contributed by atoms with E-state index in [1.54, 1.807) is 10.4 Å². The summed E-state index contributed by atoms with van der Waals surface area (Å²) in [7, 11) is -1.77. The topological polar surface area (TPSA) is 9.86 Å². The van der Waals surface area contributed by atoms with Crippen LogP contribution in [0.15, 0.2) is 206 Å². The molecule has 1 aliphatic rings. The zero-order chi connectivity index (χ0) is 40.4. The fourth-order valence-corrected chi connectivity index (χ4v) is 13.7. The third kappa shape index (κ3) is 5.08. The Morgan fingerprint density at radius 2 is 0.820 bits per heavy atom. The molecule has 2 aromatic heterocycles. The smallest absolute Gasteiger partial charge is 0.113 e. The van der Waals surface area contributed by atoms with Crippen LogP contribution in [0.5, 0.6) is 0 Å². The van der Waals surface area contributed by atoms with Crippen LogP contribution in [0.4, 0.5) is 0 Å². The van der Waals surface area contributed by atoms with Gasteiger partial charge in [-0.15, -0.1) is 0 Å². The van der Waals surface area contributed by atoms with Crippen molar-refractivity contribution in [3.05, 3.63) is 206 Å². The Hall–Kier alpha value is -7.46. The zero-order valence-electron chi connectivity index (χ0n) is 34.0. The van der Waals surface area contributed by atoms with Gasteiger partial charge in [-0.25, -0.2) is 0 Å². The second-order valence-electron chi connectivity index (χ2n) is 17.4. The minimum Gasteiger partial charge on any atom is -0.309 e. The molecular formula is C58H40N2Si. The minimum atomic E-state index is -1.77. The second kappa shape index (κ2) is 12.8. The summed E-state index contributed by atoms with van der Waals surface area (Å²) >= 11 is 0. The van der Waals surface area contributed by atoms with Crippen LogP contribution < -0.4 is 10.4 Å². The summed E-state index contributed by atoms with van der Waals surface area (Å²) in [5.74, 6) is 0. The van der Waals surface area contributed by atoms with Crippen LogP contribution in [-0.2, 0) is 0 Å². The van der Waals surface area contributed by atoms with Gasteiger partial charge in [-0.3, -0.25) is 0 Å². The second-order valence-corrected chi connectivity index (χ2v) is 21.7. The number of nitrogens with zero attached hydrogens (tertiary/aromatic N) is 2. The first-order valence-corrected chi connectivity index (χ1v) is 24.3. The third-order valence-corrected chi connectivity index (χ3v) is 17.2. The molecule has 12 aromatic rings. The molecule has 0 amide bonds. The predicted molar refractivity (Wildman–Crippen MR) is 263 cm³/mol. The zero-order valence-corrected chi connectivity index (χ0v) is 35.0. The summed E-state index contributed by atoms with van der Waals surface area (Å²) in [6.07, 6.45) is 0. The van der Waals surface area contributed by atoms with Crippen LogP contribution in [0.1, 0.15) is 0 Å². The first-order valence-electron chi connectivity index (χ1n) is 21.3. The molecule has 10 aromatic carbocycles. The van der Waals surface area contributed by atoms with E-state index in [-0.39, 0.29) is 0 Å². The molecule has 1 aliphatic heterocycles. The van der Waals surface area contributed by atoms with E-state index < -0.39 is 8.07 Å². The normalized spacial score (nSPS) is 13.2. The number of rotatable bonds is 4. The van der Waals surface area contributed by atoms with Gasteiger partial charge in [-0.2, -0.15) is 0 Å². The molecule has 3 heteroatoms. The summed E-state index contributed by atoms with van der Waals surface area (Å²) < 4.78 is 4.86. The van der Waals surface area contributed by atoms with Gasteiger partial charge in [0.15, 0.2) is 0 Å². The average Bonchev–Trinajstić information content (AvgIpc) is 3.90. The maximum Gasteiger partial charge on any atom is 0.113 e. The van der Waals surface area contributed by atoms with Gasteiger partial charge in [-0.05, 0) is 150 Å². The van der Waals surface area contributed by atoms with Crippen LogP contribution in [0.3, 0.4) is 0 Å². The molecule has 0 aliphatic carbocycles. The van der Waals surface area contributed by atoms with Crippen LogP contribution in [-0.4, -0.2) is 17.2 Å². The standard InChI is InChI=1S/C58H40N2Si/c1-61(2)57-20-12-10-18-48(57)52-35-43-29-38-21-25-46(31-42(38)30-44(43)36-58(52)61)60-53-19-11-9-17-47(53)49-33-40(23-27-54(49)60)41-24-28-56-51(34-41)50-32-39(37-13-5-3-6-14-37)22-26-55(50)59(56)45-15-7-4-8-16-45/h3-36H,1-2H3. The third-order valence-electron chi connectivity index (χ3n) is 13.6. The van der Waals surface area contributed by atoms with E-state index in [1.165, 1.54) is 110 Å². The van der Waals surface area contributed by atoms with Gasteiger partial charge < -0.3 is 9.13 Å². The lowest BCUT2D eigenvalue weighted by atomic mass is 9.98. The maximum absolute atomic E-state index is 2.50. The monoisotopic (exact) mass is 792 g/mol. The highest BCUT2D eigenvalue weighted by Crippen LogP contribution is 2.40.